The largest absolute Gasteiger partial charge is 0.456 e. The van der Waals surface area contributed by atoms with Crippen molar-refractivity contribution < 1.29 is 4.74 Å². The zero-order chi connectivity index (χ0) is 14.7. The average Bonchev–Trinajstić information content (AvgIpc) is 2.40. The number of rotatable bonds is 3. The van der Waals surface area contributed by atoms with Crippen LogP contribution in [0.1, 0.15) is 5.56 Å². The van der Waals surface area contributed by atoms with Crippen molar-refractivity contribution in [3.05, 3.63) is 50.4 Å². The Hall–Kier alpha value is -1.41. The molecule has 3 nitrogen and oxygen atoms in total. The fourth-order valence-electron chi connectivity index (χ4n) is 1.59. The molecular formula is C14H9BrCl2N2O. The molecule has 102 valence electrons. The van der Waals surface area contributed by atoms with Crippen molar-refractivity contribution in [2.45, 2.75) is 6.42 Å². The summed E-state index contributed by atoms with van der Waals surface area (Å²) in [6.07, 6.45) is 0.220. The molecule has 2 aromatic rings. The first kappa shape index (κ1) is 15.0. The Morgan fingerprint density at radius 2 is 1.95 bits per heavy atom. The van der Waals surface area contributed by atoms with Gasteiger partial charge in [0.25, 0.3) is 0 Å². The highest BCUT2D eigenvalue weighted by atomic mass is 79.9. The molecule has 0 unspecified atom stereocenters. The van der Waals surface area contributed by atoms with E-state index in [-0.39, 0.29) is 6.42 Å². The molecule has 0 atom stereocenters. The standard InChI is InChI=1S/C14H9BrCl2N2O/c15-10-6-12(17)14(7-11(10)16)20-9-1-2-13(19)8(5-9)3-4-18/h1-2,5-7H,3,19H2. The molecule has 2 aromatic carbocycles. The number of nitrogens with zero attached hydrogens (tertiary/aromatic N) is 1. The lowest BCUT2D eigenvalue weighted by Crippen LogP contribution is -1.94. The van der Waals surface area contributed by atoms with E-state index in [0.717, 1.165) is 0 Å². The van der Waals surface area contributed by atoms with Crippen molar-refractivity contribution in [3.8, 4) is 17.6 Å². The van der Waals surface area contributed by atoms with Crippen molar-refractivity contribution in [3.63, 3.8) is 0 Å². The molecule has 0 aliphatic heterocycles. The molecule has 0 aliphatic rings. The summed E-state index contributed by atoms with van der Waals surface area (Å²) in [5.74, 6) is 0.984. The van der Waals surface area contributed by atoms with Crippen LogP contribution in [0.15, 0.2) is 34.8 Å². The van der Waals surface area contributed by atoms with Gasteiger partial charge in [-0.2, -0.15) is 5.26 Å². The second kappa shape index (κ2) is 6.36. The monoisotopic (exact) mass is 370 g/mol. The first-order valence-corrected chi connectivity index (χ1v) is 7.14. The van der Waals surface area contributed by atoms with Gasteiger partial charge >= 0.3 is 0 Å². The fraction of sp³-hybridized carbons (Fsp3) is 0.0714. The van der Waals surface area contributed by atoms with Crippen LogP contribution in [-0.2, 0) is 6.42 Å². The summed E-state index contributed by atoms with van der Waals surface area (Å²) >= 11 is 15.4. The molecule has 0 heterocycles. The maximum absolute atomic E-state index is 8.75. The normalized spacial score (nSPS) is 10.1. The zero-order valence-corrected chi connectivity index (χ0v) is 13.3. The van der Waals surface area contributed by atoms with E-state index in [2.05, 4.69) is 22.0 Å². The number of hydrogen-bond donors (Lipinski definition) is 1. The van der Waals surface area contributed by atoms with Crippen LogP contribution in [0.5, 0.6) is 11.5 Å². The van der Waals surface area contributed by atoms with Gasteiger partial charge in [-0.25, -0.2) is 0 Å². The number of nitrogen functional groups attached to an aromatic ring is 1. The summed E-state index contributed by atoms with van der Waals surface area (Å²) in [6.45, 7) is 0. The lowest BCUT2D eigenvalue weighted by Gasteiger charge is -2.11. The zero-order valence-electron chi connectivity index (χ0n) is 10.2. The number of ether oxygens (including phenoxy) is 1. The molecule has 0 amide bonds. The summed E-state index contributed by atoms with van der Waals surface area (Å²) < 4.78 is 6.38. The number of nitriles is 1. The number of hydrogen-bond acceptors (Lipinski definition) is 3. The number of anilines is 1. The SMILES string of the molecule is N#CCc1cc(Oc2cc(Cl)c(Br)cc2Cl)ccc1N. The minimum Gasteiger partial charge on any atom is -0.456 e. The van der Waals surface area contributed by atoms with Crippen LogP contribution in [0.2, 0.25) is 10.0 Å². The smallest absolute Gasteiger partial charge is 0.147 e. The van der Waals surface area contributed by atoms with Crippen LogP contribution < -0.4 is 10.5 Å². The second-order valence-electron chi connectivity index (χ2n) is 3.99. The molecule has 0 aliphatic carbocycles. The third-order valence-electron chi connectivity index (χ3n) is 2.59. The maximum Gasteiger partial charge on any atom is 0.147 e. The highest BCUT2D eigenvalue weighted by Gasteiger charge is 2.09. The third-order valence-corrected chi connectivity index (χ3v) is 4.08. The van der Waals surface area contributed by atoms with Gasteiger partial charge < -0.3 is 10.5 Å². The summed E-state index contributed by atoms with van der Waals surface area (Å²) in [6, 6.07) is 10.4. The van der Waals surface area contributed by atoms with Gasteiger partial charge in [-0.05, 0) is 45.8 Å². The molecule has 0 saturated carbocycles. The van der Waals surface area contributed by atoms with Gasteiger partial charge in [0.2, 0.25) is 0 Å². The van der Waals surface area contributed by atoms with Crippen LogP contribution in [-0.4, -0.2) is 0 Å². The molecule has 0 aromatic heterocycles. The topological polar surface area (TPSA) is 59.0 Å². The highest BCUT2D eigenvalue weighted by Crippen LogP contribution is 2.37. The Bertz CT molecular complexity index is 698. The van der Waals surface area contributed by atoms with E-state index >= 15 is 0 Å². The van der Waals surface area contributed by atoms with Gasteiger partial charge in [0.15, 0.2) is 0 Å². The maximum atomic E-state index is 8.75. The molecule has 2 rings (SSSR count). The molecule has 6 heteroatoms. The molecular weight excluding hydrogens is 363 g/mol. The van der Waals surface area contributed by atoms with Gasteiger partial charge in [-0.15, -0.1) is 0 Å². The molecule has 0 saturated heterocycles. The molecule has 2 N–H and O–H groups in total. The van der Waals surface area contributed by atoms with E-state index < -0.39 is 0 Å². The van der Waals surface area contributed by atoms with E-state index in [1.165, 1.54) is 0 Å². The van der Waals surface area contributed by atoms with E-state index in [0.29, 0.717) is 37.3 Å². The molecule has 0 fully saturated rings. The van der Waals surface area contributed by atoms with Gasteiger partial charge in [0.05, 0.1) is 22.5 Å². The van der Waals surface area contributed by atoms with E-state index in [4.69, 9.17) is 38.9 Å². The second-order valence-corrected chi connectivity index (χ2v) is 5.66. The summed E-state index contributed by atoms with van der Waals surface area (Å²) in [4.78, 5) is 0. The summed E-state index contributed by atoms with van der Waals surface area (Å²) in [7, 11) is 0. The van der Waals surface area contributed by atoms with Gasteiger partial charge in [0.1, 0.15) is 11.5 Å². The minimum atomic E-state index is 0.220. The van der Waals surface area contributed by atoms with Crippen LogP contribution in [0, 0.1) is 11.3 Å². The fourth-order valence-corrected chi connectivity index (χ4v) is 2.42. The lowest BCUT2D eigenvalue weighted by molar-refractivity contribution is 0.482. The van der Waals surface area contributed by atoms with E-state index in [1.54, 1.807) is 30.3 Å². The highest BCUT2D eigenvalue weighted by molar-refractivity contribution is 9.10. The van der Waals surface area contributed by atoms with Gasteiger partial charge in [-0.3, -0.25) is 0 Å². The third kappa shape index (κ3) is 3.37. The Kier molecular flexibility index (Phi) is 4.77. The van der Waals surface area contributed by atoms with Gasteiger partial charge in [0, 0.05) is 16.2 Å². The number of halogens is 3. The Balaban J connectivity index is 2.33. The summed E-state index contributed by atoms with van der Waals surface area (Å²) in [5, 5.41) is 9.67. The van der Waals surface area contributed by atoms with Crippen molar-refractivity contribution in [1.29, 1.82) is 5.26 Å². The Morgan fingerprint density at radius 1 is 1.20 bits per heavy atom. The molecule has 20 heavy (non-hydrogen) atoms. The lowest BCUT2D eigenvalue weighted by atomic mass is 10.1. The molecule has 0 spiro atoms. The van der Waals surface area contributed by atoms with Crippen molar-refractivity contribution in [2.24, 2.45) is 0 Å². The quantitative estimate of drug-likeness (QED) is 0.596. The predicted octanol–water partition coefficient (Wildman–Crippen LogP) is 5.20. The molecule has 0 bridgehead atoms. The predicted molar refractivity (Wildman–Crippen MR) is 84.4 cm³/mol. The molecule has 0 radical (unpaired) electrons. The first-order chi connectivity index (χ1) is 9.51. The van der Waals surface area contributed by atoms with Crippen molar-refractivity contribution >= 4 is 44.8 Å². The Morgan fingerprint density at radius 3 is 2.65 bits per heavy atom. The average molecular weight is 372 g/mol. The van der Waals surface area contributed by atoms with Crippen LogP contribution in [0.4, 0.5) is 5.69 Å². The first-order valence-electron chi connectivity index (χ1n) is 5.59. The minimum absolute atomic E-state index is 0.220. The number of benzene rings is 2. The summed E-state index contributed by atoms with van der Waals surface area (Å²) in [5.41, 5.74) is 7.05. The van der Waals surface area contributed by atoms with Crippen LogP contribution in [0.25, 0.3) is 0 Å². The van der Waals surface area contributed by atoms with E-state index in [1.807, 2.05) is 0 Å². The van der Waals surface area contributed by atoms with Gasteiger partial charge in [-0.1, -0.05) is 23.2 Å². The van der Waals surface area contributed by atoms with E-state index in [9.17, 15) is 0 Å². The number of nitrogens with two attached hydrogens (primary N) is 1. The van der Waals surface area contributed by atoms with Crippen molar-refractivity contribution in [1.82, 2.24) is 0 Å². The van der Waals surface area contributed by atoms with Crippen LogP contribution in [0.3, 0.4) is 0 Å². The van der Waals surface area contributed by atoms with Crippen molar-refractivity contribution in [2.75, 3.05) is 5.73 Å². The van der Waals surface area contributed by atoms with Crippen LogP contribution >= 0.6 is 39.1 Å². The Labute approximate surface area is 135 Å².